The number of aromatic hydroxyl groups is 2. The van der Waals surface area contributed by atoms with Gasteiger partial charge in [-0.15, -0.1) is 0 Å². The molecule has 0 saturated carbocycles. The fourth-order valence-corrected chi connectivity index (χ4v) is 6.97. The van der Waals surface area contributed by atoms with Crippen LogP contribution in [0.4, 0.5) is 0 Å². The molecule has 3 unspecified atom stereocenters. The number of carbonyl (C=O) groups is 4. The first-order valence-electron chi connectivity index (χ1n) is 17.2. The van der Waals surface area contributed by atoms with Crippen molar-refractivity contribution in [1.29, 1.82) is 0 Å². The molecule has 0 aliphatic carbocycles. The lowest BCUT2D eigenvalue weighted by atomic mass is 9.93. The third-order valence-electron chi connectivity index (χ3n) is 9.31. The van der Waals surface area contributed by atoms with E-state index in [4.69, 9.17) is 17.3 Å². The SMILES string of the molecule is C=C(C(CCCCN)NC(=O)c1ccc(-c2ccc(Cl)cc2)cc1)N(C)C1C(=O)NCC(=O)NC(C(=O)O)Cc2cc(Br)c(O)c(c2)-c2cc1ccc2O. The second-order valence-corrected chi connectivity index (χ2v) is 14.3. The molecule has 1 aliphatic heterocycles. The number of hydrogen-bond donors (Lipinski definition) is 7. The first-order valence-corrected chi connectivity index (χ1v) is 18.4. The monoisotopic (exact) mass is 817 g/mol. The minimum atomic E-state index is -1.36. The highest BCUT2D eigenvalue weighted by molar-refractivity contribution is 9.10. The molecule has 3 amide bonds. The molecule has 4 aromatic rings. The molecule has 0 fully saturated rings. The van der Waals surface area contributed by atoms with Crippen LogP contribution in [-0.2, 0) is 20.8 Å². The van der Waals surface area contributed by atoms with E-state index in [0.29, 0.717) is 53.2 Å². The first-order chi connectivity index (χ1) is 25.8. The zero-order valence-electron chi connectivity index (χ0n) is 29.4. The second-order valence-electron chi connectivity index (χ2n) is 13.0. The number of nitrogens with two attached hydrogens (primary N) is 1. The van der Waals surface area contributed by atoms with Crippen molar-refractivity contribution in [3.8, 4) is 33.8 Å². The molecule has 12 nitrogen and oxygen atoms in total. The van der Waals surface area contributed by atoms with E-state index in [0.717, 1.165) is 11.1 Å². The van der Waals surface area contributed by atoms with Gasteiger partial charge < -0.3 is 41.9 Å². The number of carboxylic acid groups (broad SMARTS) is 1. The molecule has 1 heterocycles. The Morgan fingerprint density at radius 2 is 1.67 bits per heavy atom. The number of benzene rings is 4. The zero-order chi connectivity index (χ0) is 39.1. The first kappa shape index (κ1) is 39.8. The molecule has 14 heteroatoms. The van der Waals surface area contributed by atoms with Gasteiger partial charge in [-0.25, -0.2) is 4.79 Å². The Morgan fingerprint density at radius 1 is 1.00 bits per heavy atom. The summed E-state index contributed by atoms with van der Waals surface area (Å²) in [4.78, 5) is 54.4. The van der Waals surface area contributed by atoms with E-state index in [-0.39, 0.29) is 39.4 Å². The largest absolute Gasteiger partial charge is 0.507 e. The van der Waals surface area contributed by atoms with Crippen LogP contribution in [0.5, 0.6) is 11.5 Å². The van der Waals surface area contributed by atoms with E-state index in [1.54, 1.807) is 48.3 Å². The molecular weight excluding hydrogens is 778 g/mol. The number of amides is 3. The van der Waals surface area contributed by atoms with E-state index in [9.17, 15) is 34.5 Å². The van der Waals surface area contributed by atoms with Crippen LogP contribution < -0.4 is 21.7 Å². The van der Waals surface area contributed by atoms with E-state index < -0.39 is 42.5 Å². The Labute approximate surface area is 326 Å². The molecule has 0 aromatic heterocycles. The van der Waals surface area contributed by atoms with Crippen LogP contribution in [0.3, 0.4) is 0 Å². The van der Waals surface area contributed by atoms with Crippen molar-refractivity contribution in [1.82, 2.24) is 20.9 Å². The number of halogens is 2. The smallest absolute Gasteiger partial charge is 0.326 e. The third-order valence-corrected chi connectivity index (χ3v) is 10.2. The number of carboxylic acids is 1. The molecule has 1 aliphatic rings. The predicted molar refractivity (Wildman–Crippen MR) is 210 cm³/mol. The van der Waals surface area contributed by atoms with E-state index in [1.165, 1.54) is 18.2 Å². The molecule has 282 valence electrons. The van der Waals surface area contributed by atoms with Gasteiger partial charge in [-0.2, -0.15) is 0 Å². The van der Waals surface area contributed by atoms with E-state index in [1.807, 2.05) is 24.3 Å². The highest BCUT2D eigenvalue weighted by atomic mass is 79.9. The summed E-state index contributed by atoms with van der Waals surface area (Å²) < 4.78 is 0.234. The number of carbonyl (C=O) groups excluding carboxylic acids is 3. The number of hydrogen-bond acceptors (Lipinski definition) is 8. The van der Waals surface area contributed by atoms with Crippen molar-refractivity contribution in [3.63, 3.8) is 0 Å². The predicted octanol–water partition coefficient (Wildman–Crippen LogP) is 5.50. The average molecular weight is 819 g/mol. The van der Waals surface area contributed by atoms with Crippen molar-refractivity contribution in [3.05, 3.63) is 117 Å². The molecule has 4 aromatic carbocycles. The van der Waals surface area contributed by atoms with Crippen LogP contribution in [0.1, 0.15) is 46.8 Å². The molecule has 5 rings (SSSR count). The summed E-state index contributed by atoms with van der Waals surface area (Å²) in [6, 6.07) is 18.8. The fraction of sp³-hybridized carbons (Fsp3) is 0.250. The molecule has 0 saturated heterocycles. The second kappa shape index (κ2) is 17.6. The molecular formula is C40H41BrClN5O7. The summed E-state index contributed by atoms with van der Waals surface area (Å²) in [7, 11) is 1.63. The topological polar surface area (TPSA) is 194 Å². The van der Waals surface area contributed by atoms with Gasteiger partial charge in [0, 0.05) is 40.9 Å². The molecule has 0 radical (unpaired) electrons. The van der Waals surface area contributed by atoms with Gasteiger partial charge in [0.05, 0.1) is 17.1 Å². The maximum Gasteiger partial charge on any atom is 0.326 e. The van der Waals surface area contributed by atoms with Crippen LogP contribution in [0.25, 0.3) is 22.3 Å². The van der Waals surface area contributed by atoms with Crippen molar-refractivity contribution in [2.24, 2.45) is 5.73 Å². The van der Waals surface area contributed by atoms with Gasteiger partial charge in [0.1, 0.15) is 23.6 Å². The number of fused-ring (bicyclic) bond motifs is 5. The maximum atomic E-state index is 14.1. The van der Waals surface area contributed by atoms with Crippen LogP contribution >= 0.6 is 27.5 Å². The maximum absolute atomic E-state index is 14.1. The van der Waals surface area contributed by atoms with Gasteiger partial charge in [0.2, 0.25) is 11.8 Å². The Kier molecular flexibility index (Phi) is 13.0. The fourth-order valence-electron chi connectivity index (χ4n) is 6.34. The summed E-state index contributed by atoms with van der Waals surface area (Å²) in [5, 5.41) is 40.7. The summed E-state index contributed by atoms with van der Waals surface area (Å²) in [6.45, 7) is 4.21. The number of aliphatic carboxylic acids is 1. The number of phenols is 2. The van der Waals surface area contributed by atoms with Gasteiger partial charge in [-0.1, -0.05) is 48.5 Å². The number of rotatable bonds is 11. The van der Waals surface area contributed by atoms with Crippen LogP contribution in [0.2, 0.25) is 5.02 Å². The minimum Gasteiger partial charge on any atom is -0.507 e. The number of likely N-dealkylation sites (N-methyl/N-ethyl adjacent to an activating group) is 1. The van der Waals surface area contributed by atoms with Gasteiger partial charge in [-0.05, 0) is 113 Å². The summed E-state index contributed by atoms with van der Waals surface area (Å²) in [6.07, 6.45) is 1.61. The van der Waals surface area contributed by atoms with Gasteiger partial charge in [0.15, 0.2) is 0 Å². The van der Waals surface area contributed by atoms with Gasteiger partial charge in [-0.3, -0.25) is 14.4 Å². The van der Waals surface area contributed by atoms with Crippen LogP contribution in [0.15, 0.2) is 95.6 Å². The summed E-state index contributed by atoms with van der Waals surface area (Å²) in [5.74, 6) is -3.46. The Bertz CT molecular complexity index is 2060. The Hall–Kier alpha value is -5.37. The summed E-state index contributed by atoms with van der Waals surface area (Å²) in [5.41, 5.74) is 9.58. The normalized spacial score (nSPS) is 16.3. The Balaban J connectivity index is 1.50. The number of nitrogens with one attached hydrogen (secondary N) is 3. The van der Waals surface area contributed by atoms with Crippen molar-refractivity contribution in [2.45, 2.75) is 43.8 Å². The van der Waals surface area contributed by atoms with Gasteiger partial charge >= 0.3 is 5.97 Å². The van der Waals surface area contributed by atoms with E-state index >= 15 is 0 Å². The van der Waals surface area contributed by atoms with Crippen LogP contribution in [0, 0.1) is 0 Å². The van der Waals surface area contributed by atoms with Crippen molar-refractivity contribution in [2.75, 3.05) is 20.1 Å². The molecule has 4 bridgehead atoms. The lowest BCUT2D eigenvalue weighted by molar-refractivity contribution is -0.141. The molecule has 0 spiro atoms. The molecule has 3 atom stereocenters. The highest BCUT2D eigenvalue weighted by Gasteiger charge is 2.32. The number of nitrogens with zero attached hydrogens (tertiary/aromatic N) is 1. The third kappa shape index (κ3) is 9.40. The molecule has 8 N–H and O–H groups in total. The van der Waals surface area contributed by atoms with Crippen LogP contribution in [-0.4, -0.2) is 76.1 Å². The quantitative estimate of drug-likeness (QED) is 0.0957. The standard InChI is InChI=1S/C40H41BrClN5O7/c1-22(32(5-3-4-16-43)46-38(51)26-8-6-24(7-9-26)25-10-13-28(42)14-11-25)47(2)36-27-12-15-34(48)29(20-27)30-17-23(18-31(41)37(30)50)19-33(40(53)54)45-35(49)21-44-39(36)52/h6-15,17-18,20,32-33,36,48,50H,1,3-5,16,19,21,43H2,2H3,(H,44,52)(H,45,49)(H,46,51)(H,53,54). The minimum absolute atomic E-state index is 0.143. The highest BCUT2D eigenvalue weighted by Crippen LogP contribution is 2.42. The lowest BCUT2D eigenvalue weighted by Gasteiger charge is -2.35. The zero-order valence-corrected chi connectivity index (χ0v) is 31.8. The average Bonchev–Trinajstić information content (AvgIpc) is 3.15. The van der Waals surface area contributed by atoms with Gasteiger partial charge in [0.25, 0.3) is 5.91 Å². The lowest BCUT2D eigenvalue weighted by Crippen LogP contribution is -2.49. The van der Waals surface area contributed by atoms with E-state index in [2.05, 4.69) is 38.5 Å². The molecule has 54 heavy (non-hydrogen) atoms. The summed E-state index contributed by atoms with van der Waals surface area (Å²) >= 11 is 9.36. The Morgan fingerprint density at radius 3 is 2.31 bits per heavy atom. The number of unbranched alkanes of at least 4 members (excludes halogenated alkanes) is 1. The number of phenolic OH excluding ortho intramolecular Hbond substituents is 2. The van der Waals surface area contributed by atoms with Crippen molar-refractivity contribution >= 4 is 51.2 Å². The van der Waals surface area contributed by atoms with Crippen molar-refractivity contribution < 1.29 is 34.5 Å².